The molecule has 1 aromatic rings. The van der Waals surface area contributed by atoms with Gasteiger partial charge in [-0.15, -0.1) is 0 Å². The van der Waals surface area contributed by atoms with E-state index in [-0.39, 0.29) is 17.7 Å². The lowest BCUT2D eigenvalue weighted by molar-refractivity contribution is 0.0122. The number of amides is 2. The van der Waals surface area contributed by atoms with Crippen molar-refractivity contribution in [1.82, 2.24) is 15.2 Å². The SMILES string of the molecule is O=C(NC1CC1)N1CCC2(CC(Oc3cccnc3)CO2)C1. The number of nitrogens with zero attached hydrogens (tertiary/aromatic N) is 2. The van der Waals surface area contributed by atoms with Gasteiger partial charge < -0.3 is 19.7 Å². The van der Waals surface area contributed by atoms with Gasteiger partial charge in [0.2, 0.25) is 0 Å². The third kappa shape index (κ3) is 2.88. The maximum absolute atomic E-state index is 12.1. The fraction of sp³-hybridized carbons (Fsp3) is 0.625. The van der Waals surface area contributed by atoms with Gasteiger partial charge in [-0.2, -0.15) is 0 Å². The molecule has 2 saturated heterocycles. The molecule has 2 amide bonds. The van der Waals surface area contributed by atoms with E-state index in [1.54, 1.807) is 12.4 Å². The first-order valence-electron chi connectivity index (χ1n) is 7.99. The summed E-state index contributed by atoms with van der Waals surface area (Å²) in [5.74, 6) is 0.773. The Morgan fingerprint density at radius 3 is 3.18 bits per heavy atom. The molecule has 6 heteroatoms. The third-order valence-corrected chi connectivity index (χ3v) is 4.62. The Bertz CT molecular complexity index is 549. The van der Waals surface area contributed by atoms with Crippen molar-refractivity contribution in [2.75, 3.05) is 19.7 Å². The average Bonchev–Trinajstić information content (AvgIpc) is 3.11. The molecule has 2 unspecified atom stereocenters. The second-order valence-corrected chi connectivity index (χ2v) is 6.52. The first-order chi connectivity index (χ1) is 10.7. The van der Waals surface area contributed by atoms with Crippen LogP contribution in [-0.2, 0) is 4.74 Å². The van der Waals surface area contributed by atoms with Gasteiger partial charge in [-0.25, -0.2) is 4.79 Å². The number of aromatic nitrogens is 1. The zero-order chi connectivity index (χ0) is 15.0. The lowest BCUT2D eigenvalue weighted by Gasteiger charge is -2.23. The number of ether oxygens (including phenoxy) is 2. The highest BCUT2D eigenvalue weighted by molar-refractivity contribution is 5.75. The van der Waals surface area contributed by atoms with Crippen molar-refractivity contribution in [2.24, 2.45) is 0 Å². The fourth-order valence-electron chi connectivity index (χ4n) is 3.28. The second-order valence-electron chi connectivity index (χ2n) is 6.52. The Morgan fingerprint density at radius 1 is 1.50 bits per heavy atom. The third-order valence-electron chi connectivity index (χ3n) is 4.62. The number of likely N-dealkylation sites (tertiary alicyclic amines) is 1. The lowest BCUT2D eigenvalue weighted by atomic mass is 9.98. The van der Waals surface area contributed by atoms with Crippen LogP contribution in [0.4, 0.5) is 4.79 Å². The first-order valence-corrected chi connectivity index (χ1v) is 7.99. The van der Waals surface area contributed by atoms with Crippen LogP contribution < -0.4 is 10.1 Å². The molecular weight excluding hydrogens is 282 g/mol. The van der Waals surface area contributed by atoms with E-state index in [4.69, 9.17) is 9.47 Å². The molecule has 0 radical (unpaired) electrons. The molecule has 2 aliphatic heterocycles. The zero-order valence-electron chi connectivity index (χ0n) is 12.5. The van der Waals surface area contributed by atoms with E-state index >= 15 is 0 Å². The topological polar surface area (TPSA) is 63.7 Å². The van der Waals surface area contributed by atoms with Crippen LogP contribution >= 0.6 is 0 Å². The molecule has 1 aromatic heterocycles. The van der Waals surface area contributed by atoms with Crippen LogP contribution in [0.5, 0.6) is 5.75 Å². The average molecular weight is 303 g/mol. The molecule has 1 saturated carbocycles. The minimum Gasteiger partial charge on any atom is -0.486 e. The number of carbonyl (C=O) groups excluding carboxylic acids is 1. The quantitative estimate of drug-likeness (QED) is 0.920. The van der Waals surface area contributed by atoms with Crippen LogP contribution in [0.25, 0.3) is 0 Å². The van der Waals surface area contributed by atoms with Gasteiger partial charge in [-0.05, 0) is 31.4 Å². The number of carbonyl (C=O) groups is 1. The predicted octanol–water partition coefficient (Wildman–Crippen LogP) is 1.57. The Kier molecular flexibility index (Phi) is 3.41. The normalized spacial score (nSPS) is 30.7. The number of rotatable bonds is 3. The van der Waals surface area contributed by atoms with E-state index in [0.29, 0.717) is 19.2 Å². The van der Waals surface area contributed by atoms with Crippen LogP contribution in [0.2, 0.25) is 0 Å². The smallest absolute Gasteiger partial charge is 0.317 e. The number of hydrogen-bond donors (Lipinski definition) is 1. The number of nitrogens with one attached hydrogen (secondary N) is 1. The number of urea groups is 1. The molecule has 0 aromatic carbocycles. The van der Waals surface area contributed by atoms with Crippen molar-refractivity contribution in [1.29, 1.82) is 0 Å². The molecule has 22 heavy (non-hydrogen) atoms. The highest BCUT2D eigenvalue weighted by Crippen LogP contribution is 2.36. The van der Waals surface area contributed by atoms with Crippen LogP contribution in [0.3, 0.4) is 0 Å². The van der Waals surface area contributed by atoms with Crippen LogP contribution in [0.1, 0.15) is 25.7 Å². The van der Waals surface area contributed by atoms with E-state index < -0.39 is 0 Å². The van der Waals surface area contributed by atoms with Crippen molar-refractivity contribution in [3.8, 4) is 5.75 Å². The minimum absolute atomic E-state index is 0.0376. The molecule has 1 spiro atoms. The van der Waals surface area contributed by atoms with E-state index in [1.807, 2.05) is 17.0 Å². The molecule has 3 heterocycles. The summed E-state index contributed by atoms with van der Waals surface area (Å²) in [6, 6.07) is 4.22. The van der Waals surface area contributed by atoms with Gasteiger partial charge >= 0.3 is 6.03 Å². The molecule has 1 N–H and O–H groups in total. The Morgan fingerprint density at radius 2 is 2.41 bits per heavy atom. The first kappa shape index (κ1) is 13.8. The maximum Gasteiger partial charge on any atom is 0.317 e. The summed E-state index contributed by atoms with van der Waals surface area (Å²) in [6.07, 6.45) is 7.43. The van der Waals surface area contributed by atoms with Crippen LogP contribution in [0.15, 0.2) is 24.5 Å². The molecule has 0 bridgehead atoms. The molecule has 3 fully saturated rings. The maximum atomic E-state index is 12.1. The lowest BCUT2D eigenvalue weighted by Crippen LogP contribution is -2.42. The van der Waals surface area contributed by atoms with E-state index in [0.717, 1.165) is 38.0 Å². The van der Waals surface area contributed by atoms with Gasteiger partial charge in [-0.1, -0.05) is 0 Å². The van der Waals surface area contributed by atoms with Crippen molar-refractivity contribution in [3.05, 3.63) is 24.5 Å². The highest BCUT2D eigenvalue weighted by Gasteiger charge is 2.48. The van der Waals surface area contributed by atoms with Crippen molar-refractivity contribution >= 4 is 6.03 Å². The second kappa shape index (κ2) is 5.43. The zero-order valence-corrected chi connectivity index (χ0v) is 12.5. The summed E-state index contributed by atoms with van der Waals surface area (Å²) < 4.78 is 11.9. The van der Waals surface area contributed by atoms with Crippen molar-refractivity contribution < 1.29 is 14.3 Å². The molecule has 118 valence electrons. The molecular formula is C16H21N3O3. The minimum atomic E-state index is -0.228. The standard InChI is InChI=1S/C16H21N3O3/c20-15(18-12-3-4-12)19-7-5-16(11-19)8-14(10-21-16)22-13-2-1-6-17-9-13/h1-2,6,9,12,14H,3-5,7-8,10-11H2,(H,18,20). The summed E-state index contributed by atoms with van der Waals surface area (Å²) in [7, 11) is 0. The summed E-state index contributed by atoms with van der Waals surface area (Å²) in [5, 5.41) is 3.05. The number of pyridine rings is 1. The predicted molar refractivity (Wildman–Crippen MR) is 79.7 cm³/mol. The van der Waals surface area contributed by atoms with E-state index in [9.17, 15) is 4.79 Å². The number of hydrogen-bond acceptors (Lipinski definition) is 4. The fourth-order valence-corrected chi connectivity index (χ4v) is 3.28. The van der Waals surface area contributed by atoms with Gasteiger partial charge in [0.05, 0.1) is 24.9 Å². The molecule has 1 aliphatic carbocycles. The highest BCUT2D eigenvalue weighted by atomic mass is 16.6. The summed E-state index contributed by atoms with van der Waals surface area (Å²) >= 11 is 0. The van der Waals surface area contributed by atoms with E-state index in [1.165, 1.54) is 0 Å². The van der Waals surface area contributed by atoms with Crippen LogP contribution in [-0.4, -0.2) is 53.4 Å². The van der Waals surface area contributed by atoms with Crippen molar-refractivity contribution in [2.45, 2.75) is 43.4 Å². The monoisotopic (exact) mass is 303 g/mol. The van der Waals surface area contributed by atoms with Gasteiger partial charge in [0.15, 0.2) is 0 Å². The molecule has 2 atom stereocenters. The van der Waals surface area contributed by atoms with Gasteiger partial charge in [0, 0.05) is 25.2 Å². The van der Waals surface area contributed by atoms with Gasteiger partial charge in [-0.3, -0.25) is 4.98 Å². The van der Waals surface area contributed by atoms with Gasteiger partial charge in [0.1, 0.15) is 11.9 Å². The molecule has 6 nitrogen and oxygen atoms in total. The van der Waals surface area contributed by atoms with E-state index in [2.05, 4.69) is 10.3 Å². The summed E-state index contributed by atoms with van der Waals surface area (Å²) in [6.45, 7) is 2.00. The summed E-state index contributed by atoms with van der Waals surface area (Å²) in [4.78, 5) is 18.1. The largest absolute Gasteiger partial charge is 0.486 e. The van der Waals surface area contributed by atoms with Gasteiger partial charge in [0.25, 0.3) is 0 Å². The summed E-state index contributed by atoms with van der Waals surface area (Å²) in [5.41, 5.74) is -0.228. The Balaban J connectivity index is 1.33. The Labute approximate surface area is 129 Å². The Hall–Kier alpha value is -1.82. The molecule has 4 rings (SSSR count). The van der Waals surface area contributed by atoms with Crippen LogP contribution in [0, 0.1) is 0 Å². The molecule has 3 aliphatic rings. The van der Waals surface area contributed by atoms with Crippen molar-refractivity contribution in [3.63, 3.8) is 0 Å².